The summed E-state index contributed by atoms with van der Waals surface area (Å²) < 4.78 is 22.7. The Kier molecular flexibility index (Phi) is 5.46. The Bertz CT molecular complexity index is 603. The van der Waals surface area contributed by atoms with Gasteiger partial charge in [0.05, 0.1) is 21.5 Å². The van der Waals surface area contributed by atoms with Crippen LogP contribution in [-0.2, 0) is 9.84 Å². The van der Waals surface area contributed by atoms with Crippen LogP contribution in [0.3, 0.4) is 0 Å². The van der Waals surface area contributed by atoms with E-state index in [4.69, 9.17) is 11.6 Å². The maximum Gasteiger partial charge on any atom is 0.276 e. The fourth-order valence-electron chi connectivity index (χ4n) is 1.64. The van der Waals surface area contributed by atoms with Crippen molar-refractivity contribution in [3.05, 3.63) is 33.9 Å². The van der Waals surface area contributed by atoms with E-state index in [1.807, 2.05) is 0 Å². The van der Waals surface area contributed by atoms with Gasteiger partial charge in [-0.05, 0) is 18.6 Å². The molecular weight excluding hydrogens is 310 g/mol. The average molecular weight is 324 g/mol. The number of hydrogen-bond acceptors (Lipinski definition) is 6. The molecule has 0 aliphatic rings. The van der Waals surface area contributed by atoms with Crippen molar-refractivity contribution in [2.75, 3.05) is 12.1 Å². The molecule has 2 N–H and O–H groups in total. The molecule has 0 heterocycles. The summed E-state index contributed by atoms with van der Waals surface area (Å²) >= 11 is 5.43. The number of rotatable bonds is 6. The van der Waals surface area contributed by atoms with Crippen LogP contribution in [0.2, 0.25) is 0 Å². The molecule has 0 fully saturated rings. The molecule has 0 amide bonds. The summed E-state index contributed by atoms with van der Waals surface area (Å²) in [5.41, 5.74) is -0.714. The van der Waals surface area contributed by atoms with Gasteiger partial charge in [0.15, 0.2) is 9.84 Å². The van der Waals surface area contributed by atoms with Crippen LogP contribution in [0.1, 0.15) is 18.1 Å². The Balaban J connectivity index is 3.31. The van der Waals surface area contributed by atoms with Crippen molar-refractivity contribution in [3.63, 3.8) is 0 Å². The fourth-order valence-corrected chi connectivity index (χ4v) is 2.50. The van der Waals surface area contributed by atoms with Crippen LogP contribution in [0.15, 0.2) is 23.1 Å². The second-order valence-corrected chi connectivity index (χ2v) is 6.63. The van der Waals surface area contributed by atoms with Gasteiger partial charge in [-0.3, -0.25) is 10.1 Å². The van der Waals surface area contributed by atoms with Gasteiger partial charge < -0.3 is 10.2 Å². The molecule has 0 spiro atoms. The topological polar surface area (TPSA) is 118 Å². The van der Waals surface area contributed by atoms with Gasteiger partial charge in [0, 0.05) is 18.2 Å². The van der Waals surface area contributed by atoms with Crippen LogP contribution in [0.4, 0.5) is 5.69 Å². The van der Waals surface area contributed by atoms with E-state index < -0.39 is 32.7 Å². The molecule has 0 bridgehead atoms. The van der Waals surface area contributed by atoms with Crippen molar-refractivity contribution in [1.82, 2.24) is 0 Å². The van der Waals surface area contributed by atoms with E-state index in [9.17, 15) is 28.7 Å². The Labute approximate surface area is 120 Å². The number of nitro groups is 1. The Morgan fingerprint density at radius 3 is 2.45 bits per heavy atom. The van der Waals surface area contributed by atoms with E-state index in [0.717, 1.165) is 24.5 Å². The number of benzene rings is 1. The molecule has 9 heteroatoms. The summed E-state index contributed by atoms with van der Waals surface area (Å²) in [6, 6.07) is 3.13. The number of nitro benzene ring substituents is 1. The molecule has 7 nitrogen and oxygen atoms in total. The molecule has 0 aliphatic carbocycles. The van der Waals surface area contributed by atoms with Gasteiger partial charge in [-0.25, -0.2) is 8.42 Å². The summed E-state index contributed by atoms with van der Waals surface area (Å²) in [6.07, 6.45) is -1.81. The zero-order valence-corrected chi connectivity index (χ0v) is 12.1. The zero-order chi connectivity index (χ0) is 15.5. The largest absolute Gasteiger partial charge is 0.390 e. The van der Waals surface area contributed by atoms with E-state index >= 15 is 0 Å². The molecule has 112 valence electrons. The van der Waals surface area contributed by atoms with Crippen molar-refractivity contribution in [3.8, 4) is 0 Å². The first-order chi connectivity index (χ1) is 9.18. The second kappa shape index (κ2) is 6.49. The molecule has 1 rings (SSSR count). The normalized spacial score (nSPS) is 14.8. The first-order valence-corrected chi connectivity index (χ1v) is 8.01. The lowest BCUT2D eigenvalue weighted by Crippen LogP contribution is -2.20. The van der Waals surface area contributed by atoms with Crippen molar-refractivity contribution in [2.24, 2.45) is 0 Å². The van der Waals surface area contributed by atoms with E-state index in [1.165, 1.54) is 0 Å². The molecule has 0 saturated heterocycles. The van der Waals surface area contributed by atoms with E-state index in [2.05, 4.69) is 0 Å². The van der Waals surface area contributed by atoms with Gasteiger partial charge in [-0.15, -0.1) is 11.6 Å². The third-order valence-corrected chi connectivity index (χ3v) is 4.04. The van der Waals surface area contributed by atoms with Crippen molar-refractivity contribution >= 4 is 27.1 Å². The molecule has 2 unspecified atom stereocenters. The van der Waals surface area contributed by atoms with E-state index in [-0.39, 0.29) is 22.8 Å². The highest BCUT2D eigenvalue weighted by Crippen LogP contribution is 2.30. The zero-order valence-electron chi connectivity index (χ0n) is 10.6. The van der Waals surface area contributed by atoms with Crippen molar-refractivity contribution in [2.45, 2.75) is 23.5 Å². The quantitative estimate of drug-likeness (QED) is 0.458. The van der Waals surface area contributed by atoms with Crippen LogP contribution < -0.4 is 0 Å². The van der Waals surface area contributed by atoms with Crippen LogP contribution >= 0.6 is 11.6 Å². The summed E-state index contributed by atoms with van der Waals surface area (Å²) in [5.74, 6) is 0.0768. The van der Waals surface area contributed by atoms with Gasteiger partial charge >= 0.3 is 0 Å². The molecule has 0 aliphatic heterocycles. The molecule has 1 aromatic carbocycles. The SMILES string of the molecule is CS(=O)(=O)c1ccc(C(O)C(O)CCCl)c([N+](=O)[O-])c1. The minimum atomic E-state index is -3.60. The lowest BCUT2D eigenvalue weighted by atomic mass is 10.0. The number of halogens is 1. The number of hydrogen-bond donors (Lipinski definition) is 2. The summed E-state index contributed by atoms with van der Waals surface area (Å²) in [6.45, 7) is 0. The Morgan fingerprint density at radius 2 is 2.00 bits per heavy atom. The molecule has 20 heavy (non-hydrogen) atoms. The average Bonchev–Trinajstić information content (AvgIpc) is 2.36. The predicted octanol–water partition coefficient (Wildman–Crippen LogP) is 1.02. The third kappa shape index (κ3) is 3.89. The standard InChI is InChI=1S/C11H14ClNO6S/c1-20(18,19)7-2-3-8(9(6-7)13(16)17)11(15)10(14)4-5-12/h2-3,6,10-11,14-15H,4-5H2,1H3. The number of sulfone groups is 1. The Morgan fingerprint density at radius 1 is 1.40 bits per heavy atom. The maximum absolute atomic E-state index is 11.4. The first-order valence-electron chi connectivity index (χ1n) is 5.59. The molecule has 2 atom stereocenters. The molecular formula is C11H14ClNO6S. The van der Waals surface area contributed by atoms with Crippen molar-refractivity contribution < 1.29 is 23.6 Å². The lowest BCUT2D eigenvalue weighted by Gasteiger charge is -2.17. The minimum absolute atomic E-state index is 0.0493. The molecule has 0 aromatic heterocycles. The highest BCUT2D eigenvalue weighted by molar-refractivity contribution is 7.90. The first kappa shape index (κ1) is 16.8. The van der Waals surface area contributed by atoms with E-state index in [1.54, 1.807) is 0 Å². The lowest BCUT2D eigenvalue weighted by molar-refractivity contribution is -0.386. The smallest absolute Gasteiger partial charge is 0.276 e. The van der Waals surface area contributed by atoms with Crippen molar-refractivity contribution in [1.29, 1.82) is 0 Å². The van der Waals surface area contributed by atoms with Crippen LogP contribution in [0, 0.1) is 10.1 Å². The van der Waals surface area contributed by atoms with Gasteiger partial charge in [0.25, 0.3) is 5.69 Å². The summed E-state index contributed by atoms with van der Waals surface area (Å²) in [5, 5.41) is 30.5. The monoisotopic (exact) mass is 323 g/mol. The number of nitrogens with zero attached hydrogens (tertiary/aromatic N) is 1. The number of alkyl halides is 1. The number of aliphatic hydroxyl groups excluding tert-OH is 2. The van der Waals surface area contributed by atoms with Crippen LogP contribution in [-0.4, -0.2) is 41.8 Å². The molecule has 0 radical (unpaired) electrons. The van der Waals surface area contributed by atoms with Gasteiger partial charge in [-0.2, -0.15) is 0 Å². The van der Waals surface area contributed by atoms with Gasteiger partial charge in [0.1, 0.15) is 6.10 Å². The summed E-state index contributed by atoms with van der Waals surface area (Å²) in [4.78, 5) is 9.94. The van der Waals surface area contributed by atoms with E-state index in [0.29, 0.717) is 0 Å². The highest BCUT2D eigenvalue weighted by Gasteiger charge is 2.27. The second-order valence-electron chi connectivity index (χ2n) is 4.24. The molecule has 1 aromatic rings. The minimum Gasteiger partial charge on any atom is -0.390 e. The predicted molar refractivity (Wildman–Crippen MR) is 72.5 cm³/mol. The molecule has 0 saturated carbocycles. The van der Waals surface area contributed by atoms with Crippen LogP contribution in [0.25, 0.3) is 0 Å². The Hall–Kier alpha value is -1.22. The van der Waals surface area contributed by atoms with Gasteiger partial charge in [-0.1, -0.05) is 0 Å². The fraction of sp³-hybridized carbons (Fsp3) is 0.455. The number of aliphatic hydroxyl groups is 2. The van der Waals surface area contributed by atoms with Crippen LogP contribution in [0.5, 0.6) is 0 Å². The van der Waals surface area contributed by atoms with Gasteiger partial charge in [0.2, 0.25) is 0 Å². The highest BCUT2D eigenvalue weighted by atomic mass is 35.5. The maximum atomic E-state index is 11.4. The third-order valence-electron chi connectivity index (χ3n) is 2.71. The summed E-state index contributed by atoms with van der Waals surface area (Å²) in [7, 11) is -3.60.